The predicted octanol–water partition coefficient (Wildman–Crippen LogP) is 1.82. The molecule has 1 fully saturated rings. The third-order valence-corrected chi connectivity index (χ3v) is 3.60. The fourth-order valence-electron chi connectivity index (χ4n) is 2.34. The van der Waals surface area contributed by atoms with Crippen molar-refractivity contribution < 1.29 is 18.9 Å². The first kappa shape index (κ1) is 17.6. The molecule has 1 aromatic rings. The zero-order valence-electron chi connectivity index (χ0n) is 14.0. The standard InChI is InChI=1S/C15H20N4O5/c1-14(2,3)17-13(21)15(4)8-7-11(20)18(15)16-9-10-5-6-12(24-10)19(22)23/h5-6,9H,7-8H2,1-4H3,(H,17,21)/b16-9+. The fraction of sp³-hybridized carbons (Fsp3) is 0.533. The summed E-state index contributed by atoms with van der Waals surface area (Å²) in [4.78, 5) is 34.6. The van der Waals surface area contributed by atoms with Crippen molar-refractivity contribution in [2.75, 3.05) is 0 Å². The lowest BCUT2D eigenvalue weighted by Gasteiger charge is -2.33. The number of hydrogen-bond donors (Lipinski definition) is 1. The summed E-state index contributed by atoms with van der Waals surface area (Å²) in [5, 5.41) is 18.6. The zero-order chi connectivity index (χ0) is 18.1. The fourth-order valence-corrected chi connectivity index (χ4v) is 2.34. The van der Waals surface area contributed by atoms with Gasteiger partial charge in [0.25, 0.3) is 0 Å². The maximum atomic E-state index is 12.6. The average Bonchev–Trinajstić information content (AvgIpc) is 3.02. The molecule has 1 saturated heterocycles. The Labute approximate surface area is 138 Å². The van der Waals surface area contributed by atoms with Crippen molar-refractivity contribution in [2.45, 2.75) is 51.6 Å². The molecule has 0 spiro atoms. The first-order valence-electron chi connectivity index (χ1n) is 7.47. The highest BCUT2D eigenvalue weighted by Gasteiger charge is 2.48. The minimum Gasteiger partial charge on any atom is -0.400 e. The first-order chi connectivity index (χ1) is 11.0. The third-order valence-electron chi connectivity index (χ3n) is 3.60. The van der Waals surface area contributed by atoms with Crippen molar-refractivity contribution in [2.24, 2.45) is 5.10 Å². The number of nitro groups is 1. The number of nitrogens with one attached hydrogen (secondary N) is 1. The lowest BCUT2D eigenvalue weighted by atomic mass is 9.96. The van der Waals surface area contributed by atoms with Crippen molar-refractivity contribution in [3.05, 3.63) is 28.0 Å². The van der Waals surface area contributed by atoms with Gasteiger partial charge >= 0.3 is 5.88 Å². The number of hydrazone groups is 1. The Bertz CT molecular complexity index is 703. The Morgan fingerprint density at radius 3 is 2.71 bits per heavy atom. The molecule has 24 heavy (non-hydrogen) atoms. The van der Waals surface area contributed by atoms with E-state index in [2.05, 4.69) is 10.4 Å². The maximum absolute atomic E-state index is 12.6. The van der Waals surface area contributed by atoms with E-state index in [0.29, 0.717) is 6.42 Å². The molecular formula is C15H20N4O5. The van der Waals surface area contributed by atoms with Crippen LogP contribution >= 0.6 is 0 Å². The molecule has 1 atom stereocenters. The van der Waals surface area contributed by atoms with E-state index in [-0.39, 0.29) is 24.0 Å². The van der Waals surface area contributed by atoms with Gasteiger partial charge in [-0.1, -0.05) is 0 Å². The van der Waals surface area contributed by atoms with Crippen molar-refractivity contribution in [3.63, 3.8) is 0 Å². The molecule has 1 N–H and O–H groups in total. The van der Waals surface area contributed by atoms with Crippen molar-refractivity contribution in [3.8, 4) is 0 Å². The molecular weight excluding hydrogens is 316 g/mol. The average molecular weight is 336 g/mol. The molecule has 1 unspecified atom stereocenters. The highest BCUT2D eigenvalue weighted by Crippen LogP contribution is 2.31. The van der Waals surface area contributed by atoms with Crippen molar-refractivity contribution >= 4 is 23.9 Å². The summed E-state index contributed by atoms with van der Waals surface area (Å²) < 4.78 is 4.96. The maximum Gasteiger partial charge on any atom is 0.433 e. The number of carbonyl (C=O) groups is 2. The molecule has 130 valence electrons. The Morgan fingerprint density at radius 2 is 2.17 bits per heavy atom. The van der Waals surface area contributed by atoms with Crippen LogP contribution in [0.3, 0.4) is 0 Å². The van der Waals surface area contributed by atoms with Gasteiger partial charge in [-0.3, -0.25) is 19.7 Å². The van der Waals surface area contributed by atoms with Gasteiger partial charge in [-0.15, -0.1) is 0 Å². The van der Waals surface area contributed by atoms with E-state index >= 15 is 0 Å². The Balaban J connectivity index is 2.22. The van der Waals surface area contributed by atoms with Gasteiger partial charge in [-0.05, 0) is 40.2 Å². The van der Waals surface area contributed by atoms with Crippen LogP contribution in [0.2, 0.25) is 0 Å². The summed E-state index contributed by atoms with van der Waals surface area (Å²) in [6, 6.07) is 2.56. The van der Waals surface area contributed by atoms with Crippen LogP contribution in [-0.4, -0.2) is 39.0 Å². The molecule has 9 heteroatoms. The largest absolute Gasteiger partial charge is 0.433 e. The van der Waals surface area contributed by atoms with Crippen molar-refractivity contribution in [1.29, 1.82) is 0 Å². The van der Waals surface area contributed by atoms with Crippen molar-refractivity contribution in [1.82, 2.24) is 10.3 Å². The van der Waals surface area contributed by atoms with Gasteiger partial charge in [0.05, 0.1) is 12.3 Å². The van der Waals surface area contributed by atoms with E-state index in [0.717, 1.165) is 5.01 Å². The Kier molecular flexibility index (Phi) is 4.46. The van der Waals surface area contributed by atoms with Crippen LogP contribution < -0.4 is 5.32 Å². The molecule has 1 aliphatic heterocycles. The van der Waals surface area contributed by atoms with Gasteiger partial charge in [-0.25, -0.2) is 5.01 Å². The Hall–Kier alpha value is -2.71. The molecule has 2 rings (SSSR count). The molecule has 1 aromatic heterocycles. The third kappa shape index (κ3) is 3.61. The highest BCUT2D eigenvalue weighted by atomic mass is 16.6. The lowest BCUT2D eigenvalue weighted by molar-refractivity contribution is -0.402. The molecule has 1 aliphatic rings. The Morgan fingerprint density at radius 1 is 1.50 bits per heavy atom. The van der Waals surface area contributed by atoms with E-state index in [1.165, 1.54) is 18.3 Å². The number of amides is 2. The predicted molar refractivity (Wildman–Crippen MR) is 85.3 cm³/mol. The number of carbonyl (C=O) groups excluding carboxylic acids is 2. The SMILES string of the molecule is CC(C)(C)NC(=O)C1(C)CCC(=O)N1/N=C/c1ccc([N+](=O)[O-])o1. The quantitative estimate of drug-likeness (QED) is 0.511. The van der Waals surface area contributed by atoms with Gasteiger partial charge in [0, 0.05) is 12.0 Å². The van der Waals surface area contributed by atoms with Crippen LogP contribution in [0.25, 0.3) is 0 Å². The molecule has 0 saturated carbocycles. The second kappa shape index (κ2) is 6.06. The first-order valence-corrected chi connectivity index (χ1v) is 7.47. The minimum absolute atomic E-state index is 0.125. The van der Waals surface area contributed by atoms with Crippen LogP contribution in [0.4, 0.5) is 5.88 Å². The summed E-state index contributed by atoms with van der Waals surface area (Å²) in [7, 11) is 0. The monoisotopic (exact) mass is 336 g/mol. The second-order valence-electron chi connectivity index (χ2n) is 6.86. The number of rotatable bonds is 4. The van der Waals surface area contributed by atoms with E-state index in [1.807, 2.05) is 20.8 Å². The van der Waals surface area contributed by atoms with E-state index in [4.69, 9.17) is 4.42 Å². The molecule has 2 amide bonds. The van der Waals surface area contributed by atoms with Gasteiger partial charge in [0.1, 0.15) is 10.5 Å². The van der Waals surface area contributed by atoms with Gasteiger partial charge in [-0.2, -0.15) is 5.10 Å². The molecule has 9 nitrogen and oxygen atoms in total. The highest BCUT2D eigenvalue weighted by molar-refractivity contribution is 5.95. The molecule has 0 aliphatic carbocycles. The van der Waals surface area contributed by atoms with Crippen LogP contribution in [-0.2, 0) is 9.59 Å². The van der Waals surface area contributed by atoms with Crippen LogP contribution in [0.15, 0.2) is 21.7 Å². The zero-order valence-corrected chi connectivity index (χ0v) is 14.0. The van der Waals surface area contributed by atoms with E-state index in [1.54, 1.807) is 6.92 Å². The lowest BCUT2D eigenvalue weighted by Crippen LogP contribution is -2.56. The second-order valence-corrected chi connectivity index (χ2v) is 6.86. The summed E-state index contributed by atoms with van der Waals surface area (Å²) in [6.45, 7) is 7.18. The van der Waals surface area contributed by atoms with E-state index in [9.17, 15) is 19.7 Å². The summed E-state index contributed by atoms with van der Waals surface area (Å²) >= 11 is 0. The molecule has 0 bridgehead atoms. The number of hydrogen-bond acceptors (Lipinski definition) is 6. The summed E-state index contributed by atoms with van der Waals surface area (Å²) in [5.74, 6) is -0.889. The van der Waals surface area contributed by atoms with Crippen LogP contribution in [0.1, 0.15) is 46.3 Å². The van der Waals surface area contributed by atoms with Gasteiger partial charge in [0.2, 0.25) is 11.8 Å². The normalized spacial score (nSPS) is 21.5. The van der Waals surface area contributed by atoms with Gasteiger partial charge < -0.3 is 9.73 Å². The van der Waals surface area contributed by atoms with Gasteiger partial charge in [0.15, 0.2) is 5.76 Å². The summed E-state index contributed by atoms with van der Waals surface area (Å²) in [6.07, 6.45) is 1.73. The van der Waals surface area contributed by atoms with Crippen LogP contribution in [0.5, 0.6) is 0 Å². The van der Waals surface area contributed by atoms with E-state index < -0.39 is 21.9 Å². The van der Waals surface area contributed by atoms with Crippen LogP contribution in [0, 0.1) is 10.1 Å². The number of furan rings is 1. The number of nitrogens with zero attached hydrogens (tertiary/aromatic N) is 3. The summed E-state index contributed by atoms with van der Waals surface area (Å²) in [5.41, 5.74) is -1.55. The molecule has 0 radical (unpaired) electrons. The minimum atomic E-state index is -1.11. The smallest absolute Gasteiger partial charge is 0.400 e. The molecule has 2 heterocycles. The molecule has 0 aromatic carbocycles. The topological polar surface area (TPSA) is 118 Å².